The maximum atomic E-state index is 12.4. The lowest BCUT2D eigenvalue weighted by atomic mass is 10.1. The summed E-state index contributed by atoms with van der Waals surface area (Å²) in [4.78, 5) is 16.6. The standard InChI is InChI=1S/C17H18ClN3O2/c1-2-23-13-9-7-12(8-10-13)20-17(22)14-5-3-4-6-15(14)21-16(19)11-18/h3-10H,2,11H2,1H3,(H2,19,21)(H,20,22). The lowest BCUT2D eigenvalue weighted by molar-refractivity contribution is 0.102. The van der Waals surface area contributed by atoms with Crippen LogP contribution in [0.25, 0.3) is 0 Å². The third kappa shape index (κ3) is 4.72. The number of hydrogen-bond acceptors (Lipinski definition) is 3. The van der Waals surface area contributed by atoms with Crippen LogP contribution < -0.4 is 15.8 Å². The fourth-order valence-electron chi connectivity index (χ4n) is 1.95. The molecule has 0 aliphatic heterocycles. The summed E-state index contributed by atoms with van der Waals surface area (Å²) in [5, 5.41) is 2.82. The monoisotopic (exact) mass is 331 g/mol. The van der Waals surface area contributed by atoms with Crippen LogP contribution in [0.2, 0.25) is 0 Å². The Morgan fingerprint density at radius 1 is 1.22 bits per heavy atom. The number of nitrogens with zero attached hydrogens (tertiary/aromatic N) is 1. The number of anilines is 1. The Morgan fingerprint density at radius 3 is 2.57 bits per heavy atom. The minimum atomic E-state index is -0.268. The van der Waals surface area contributed by atoms with Gasteiger partial charge < -0.3 is 15.8 Å². The van der Waals surface area contributed by atoms with E-state index in [1.54, 1.807) is 48.5 Å². The van der Waals surface area contributed by atoms with Gasteiger partial charge in [0.05, 0.1) is 23.7 Å². The van der Waals surface area contributed by atoms with Gasteiger partial charge in [0.25, 0.3) is 5.91 Å². The number of hydrogen-bond donors (Lipinski definition) is 2. The molecule has 0 aliphatic carbocycles. The molecular weight excluding hydrogens is 314 g/mol. The van der Waals surface area contributed by atoms with Gasteiger partial charge in [0.2, 0.25) is 0 Å². The number of halogens is 1. The van der Waals surface area contributed by atoms with Crippen LogP contribution in [0.1, 0.15) is 17.3 Å². The number of amides is 1. The molecule has 1 amide bonds. The van der Waals surface area contributed by atoms with Crippen molar-refractivity contribution in [3.8, 4) is 5.75 Å². The molecule has 2 aromatic rings. The van der Waals surface area contributed by atoms with E-state index in [2.05, 4.69) is 10.3 Å². The number of benzene rings is 2. The van der Waals surface area contributed by atoms with Gasteiger partial charge in [0.15, 0.2) is 0 Å². The van der Waals surface area contributed by atoms with Gasteiger partial charge in [0, 0.05) is 5.69 Å². The van der Waals surface area contributed by atoms with Crippen LogP contribution in [0.4, 0.5) is 11.4 Å². The van der Waals surface area contributed by atoms with E-state index in [1.807, 2.05) is 6.92 Å². The maximum Gasteiger partial charge on any atom is 0.257 e. The van der Waals surface area contributed by atoms with Crippen molar-refractivity contribution in [1.29, 1.82) is 0 Å². The normalized spacial score (nSPS) is 11.1. The molecule has 5 nitrogen and oxygen atoms in total. The Kier molecular flexibility index (Phi) is 6.00. The van der Waals surface area contributed by atoms with Crippen molar-refractivity contribution in [2.24, 2.45) is 10.7 Å². The van der Waals surface area contributed by atoms with Gasteiger partial charge in [-0.05, 0) is 43.3 Å². The SMILES string of the molecule is CCOc1ccc(NC(=O)c2ccccc2N=C(N)CCl)cc1. The summed E-state index contributed by atoms with van der Waals surface area (Å²) in [6, 6.07) is 14.1. The summed E-state index contributed by atoms with van der Waals surface area (Å²) in [7, 11) is 0. The average Bonchev–Trinajstić information content (AvgIpc) is 2.57. The molecule has 0 aliphatic rings. The molecule has 0 saturated carbocycles. The van der Waals surface area contributed by atoms with E-state index in [0.717, 1.165) is 5.75 Å². The van der Waals surface area contributed by atoms with Crippen LogP contribution in [0.15, 0.2) is 53.5 Å². The number of aliphatic imine (C=N–C) groups is 1. The van der Waals surface area contributed by atoms with Crippen LogP contribution >= 0.6 is 11.6 Å². The number of ether oxygens (including phenoxy) is 1. The molecule has 6 heteroatoms. The molecule has 0 saturated heterocycles. The van der Waals surface area contributed by atoms with Gasteiger partial charge in [-0.1, -0.05) is 12.1 Å². The number of amidine groups is 1. The molecule has 0 bridgehead atoms. The van der Waals surface area contributed by atoms with Crippen molar-refractivity contribution in [3.63, 3.8) is 0 Å². The number of alkyl halides is 1. The highest BCUT2D eigenvalue weighted by Crippen LogP contribution is 2.21. The van der Waals surface area contributed by atoms with Gasteiger partial charge in [0.1, 0.15) is 11.6 Å². The molecule has 120 valence electrons. The number of carbonyl (C=O) groups excluding carboxylic acids is 1. The summed E-state index contributed by atoms with van der Waals surface area (Å²) in [6.07, 6.45) is 0. The zero-order chi connectivity index (χ0) is 16.7. The molecule has 0 atom stereocenters. The van der Waals surface area contributed by atoms with E-state index in [4.69, 9.17) is 22.1 Å². The average molecular weight is 332 g/mol. The summed E-state index contributed by atoms with van der Waals surface area (Å²) >= 11 is 5.64. The van der Waals surface area contributed by atoms with Gasteiger partial charge in [-0.25, -0.2) is 4.99 Å². The summed E-state index contributed by atoms with van der Waals surface area (Å²) in [5.41, 5.74) is 7.22. The van der Waals surface area contributed by atoms with E-state index in [1.165, 1.54) is 0 Å². The molecule has 2 rings (SSSR count). The molecule has 2 aromatic carbocycles. The first-order valence-corrected chi connectivity index (χ1v) is 7.69. The Bertz CT molecular complexity index is 699. The minimum Gasteiger partial charge on any atom is -0.494 e. The summed E-state index contributed by atoms with van der Waals surface area (Å²) in [6.45, 7) is 2.51. The summed E-state index contributed by atoms with van der Waals surface area (Å²) in [5.74, 6) is 0.851. The lowest BCUT2D eigenvalue weighted by Crippen LogP contribution is -2.15. The smallest absolute Gasteiger partial charge is 0.257 e. The number of nitrogens with one attached hydrogen (secondary N) is 1. The third-order valence-corrected chi connectivity index (χ3v) is 3.25. The van der Waals surface area contributed by atoms with Crippen LogP contribution in [0.5, 0.6) is 5.75 Å². The molecule has 0 aromatic heterocycles. The second kappa shape index (κ2) is 8.19. The first-order valence-electron chi connectivity index (χ1n) is 7.16. The molecule has 23 heavy (non-hydrogen) atoms. The van der Waals surface area contributed by atoms with E-state index in [9.17, 15) is 4.79 Å². The Balaban J connectivity index is 2.17. The first-order chi connectivity index (χ1) is 11.1. The predicted octanol–water partition coefficient (Wildman–Crippen LogP) is 3.57. The lowest BCUT2D eigenvalue weighted by Gasteiger charge is -2.09. The topological polar surface area (TPSA) is 76.7 Å². The van der Waals surface area contributed by atoms with Crippen molar-refractivity contribution < 1.29 is 9.53 Å². The first kappa shape index (κ1) is 16.8. The van der Waals surface area contributed by atoms with Crippen LogP contribution in [-0.2, 0) is 0 Å². The second-order valence-electron chi connectivity index (χ2n) is 4.67. The zero-order valence-electron chi connectivity index (χ0n) is 12.8. The molecule has 3 N–H and O–H groups in total. The summed E-state index contributed by atoms with van der Waals surface area (Å²) < 4.78 is 5.37. The van der Waals surface area contributed by atoms with E-state index >= 15 is 0 Å². The fraction of sp³-hybridized carbons (Fsp3) is 0.176. The van der Waals surface area contributed by atoms with E-state index in [-0.39, 0.29) is 17.6 Å². The quantitative estimate of drug-likeness (QED) is 0.482. The van der Waals surface area contributed by atoms with Crippen molar-refractivity contribution in [2.75, 3.05) is 17.8 Å². The number of carbonyl (C=O) groups is 1. The molecule has 0 spiro atoms. The highest BCUT2D eigenvalue weighted by molar-refractivity contribution is 6.28. The van der Waals surface area contributed by atoms with Crippen molar-refractivity contribution in [2.45, 2.75) is 6.92 Å². The van der Waals surface area contributed by atoms with Gasteiger partial charge in [-0.15, -0.1) is 11.6 Å². The van der Waals surface area contributed by atoms with Crippen molar-refractivity contribution in [1.82, 2.24) is 0 Å². The van der Waals surface area contributed by atoms with Gasteiger partial charge >= 0.3 is 0 Å². The van der Waals surface area contributed by atoms with Crippen molar-refractivity contribution in [3.05, 3.63) is 54.1 Å². The largest absolute Gasteiger partial charge is 0.494 e. The van der Waals surface area contributed by atoms with Crippen LogP contribution in [0.3, 0.4) is 0 Å². The zero-order valence-corrected chi connectivity index (χ0v) is 13.5. The highest BCUT2D eigenvalue weighted by atomic mass is 35.5. The van der Waals surface area contributed by atoms with Crippen LogP contribution in [-0.4, -0.2) is 24.2 Å². The molecule has 0 heterocycles. The third-order valence-electron chi connectivity index (χ3n) is 2.97. The Morgan fingerprint density at radius 2 is 1.91 bits per heavy atom. The maximum absolute atomic E-state index is 12.4. The van der Waals surface area contributed by atoms with Gasteiger partial charge in [-0.2, -0.15) is 0 Å². The number of para-hydroxylation sites is 1. The molecule has 0 fully saturated rings. The van der Waals surface area contributed by atoms with Gasteiger partial charge in [-0.3, -0.25) is 4.79 Å². The number of rotatable bonds is 6. The molecule has 0 radical (unpaired) electrons. The Labute approximate surface area is 140 Å². The molecular formula is C17H18ClN3O2. The molecule has 0 unspecified atom stereocenters. The number of nitrogens with two attached hydrogens (primary N) is 1. The van der Waals surface area contributed by atoms with E-state index < -0.39 is 0 Å². The fourth-order valence-corrected chi connectivity index (χ4v) is 2.01. The van der Waals surface area contributed by atoms with Crippen molar-refractivity contribution >= 4 is 34.7 Å². The van der Waals surface area contributed by atoms with E-state index in [0.29, 0.717) is 23.5 Å². The second-order valence-corrected chi connectivity index (χ2v) is 4.93. The highest BCUT2D eigenvalue weighted by Gasteiger charge is 2.11. The Hall–Kier alpha value is -2.53. The predicted molar refractivity (Wildman–Crippen MR) is 94.0 cm³/mol. The van der Waals surface area contributed by atoms with Crippen LogP contribution in [0, 0.1) is 0 Å². The minimum absolute atomic E-state index is 0.106.